The number of hydrogen-bond donors (Lipinski definition) is 1. The van der Waals surface area contributed by atoms with E-state index in [-0.39, 0.29) is 5.41 Å². The summed E-state index contributed by atoms with van der Waals surface area (Å²) in [5, 5.41) is 3.70. The van der Waals surface area contributed by atoms with Crippen LogP contribution >= 0.6 is 10.0 Å². The van der Waals surface area contributed by atoms with E-state index in [1.807, 2.05) is 6.08 Å². The fraction of sp³-hybridized carbons (Fsp3) is 0.429. The molecule has 0 spiro atoms. The molecule has 2 aromatic carbocycles. The second-order valence-corrected chi connectivity index (χ2v) is 13.4. The molecule has 0 aliphatic heterocycles. The molecule has 1 N–H and O–H groups in total. The first-order valence-electron chi connectivity index (χ1n) is 11.1. The van der Waals surface area contributed by atoms with Crippen molar-refractivity contribution in [2.75, 3.05) is 36.8 Å². The molecule has 31 heavy (non-hydrogen) atoms. The molecule has 0 fully saturated rings. The van der Waals surface area contributed by atoms with Gasteiger partial charge in [-0.25, -0.2) is 10.0 Å². The third-order valence-electron chi connectivity index (χ3n) is 5.12. The van der Waals surface area contributed by atoms with Crippen molar-refractivity contribution in [1.29, 1.82) is 0 Å². The summed E-state index contributed by atoms with van der Waals surface area (Å²) in [5.41, 5.74) is 3.98. The molecule has 0 bridgehead atoms. The van der Waals surface area contributed by atoms with Gasteiger partial charge in [0.2, 0.25) is 0 Å². The van der Waals surface area contributed by atoms with Crippen molar-refractivity contribution in [3.05, 3.63) is 71.8 Å². The number of hydrogen-bond acceptors (Lipinski definition) is 2. The van der Waals surface area contributed by atoms with E-state index in [2.05, 4.69) is 124 Å². The topological polar surface area (TPSA) is 15.3 Å². The number of nitrogens with zero attached hydrogens (tertiary/aromatic N) is 1. The Kier molecular flexibility index (Phi) is 9.29. The Bertz CT molecular complexity index is 926. The van der Waals surface area contributed by atoms with Crippen molar-refractivity contribution < 1.29 is 0 Å². The Balaban J connectivity index is 1.96. The second-order valence-electron chi connectivity index (χ2n) is 9.57. The number of likely N-dealkylation sites (N-methyl/N-ethyl adjacent to an activating group) is 1. The van der Waals surface area contributed by atoms with Crippen LogP contribution in [0, 0.1) is 24.2 Å². The van der Waals surface area contributed by atoms with Gasteiger partial charge in [-0.2, -0.15) is 0 Å². The first-order chi connectivity index (χ1) is 14.6. The molecule has 0 aliphatic carbocycles. The number of benzene rings is 2. The molecule has 0 saturated carbocycles. The molecule has 2 rings (SSSR count). The van der Waals surface area contributed by atoms with Crippen molar-refractivity contribution in [3.63, 3.8) is 0 Å². The largest absolute Gasteiger partial charge is 0.377 e. The van der Waals surface area contributed by atoms with Crippen molar-refractivity contribution >= 4 is 15.7 Å². The zero-order chi connectivity index (χ0) is 22.9. The molecule has 3 heteroatoms. The van der Waals surface area contributed by atoms with Gasteiger partial charge in [-0.1, -0.05) is 55.2 Å². The van der Waals surface area contributed by atoms with E-state index in [4.69, 9.17) is 0 Å². The highest BCUT2D eigenvalue weighted by atomic mass is 32.3. The molecule has 0 saturated heterocycles. The minimum atomic E-state index is -0.901. The van der Waals surface area contributed by atoms with Crippen molar-refractivity contribution in [2.24, 2.45) is 5.41 Å². The monoisotopic (exact) mass is 436 g/mol. The van der Waals surface area contributed by atoms with Gasteiger partial charge in [0.25, 0.3) is 0 Å². The van der Waals surface area contributed by atoms with Gasteiger partial charge < -0.3 is 5.32 Å². The summed E-state index contributed by atoms with van der Waals surface area (Å²) in [4.78, 5) is 3.91. The molecule has 0 unspecified atom stereocenters. The zero-order valence-electron chi connectivity index (χ0n) is 20.5. The van der Waals surface area contributed by atoms with Crippen LogP contribution in [0.15, 0.2) is 65.6 Å². The lowest BCUT2D eigenvalue weighted by Gasteiger charge is -2.33. The lowest BCUT2D eigenvalue weighted by Crippen LogP contribution is -2.22. The molecule has 0 atom stereocenters. The van der Waals surface area contributed by atoms with Gasteiger partial charge >= 0.3 is 0 Å². The van der Waals surface area contributed by atoms with Gasteiger partial charge in [-0.05, 0) is 87.0 Å². The maximum Gasteiger partial charge on any atom is 0.0490 e. The Hall–Kier alpha value is -2.15. The Morgan fingerprint density at radius 2 is 1.81 bits per heavy atom. The molecule has 2 aromatic rings. The van der Waals surface area contributed by atoms with Crippen LogP contribution in [0.2, 0.25) is 0 Å². The molecule has 2 nitrogen and oxygen atoms in total. The Labute approximate surface area is 192 Å². The van der Waals surface area contributed by atoms with Crippen molar-refractivity contribution in [3.8, 4) is 11.8 Å². The highest BCUT2D eigenvalue weighted by Crippen LogP contribution is 2.50. The summed E-state index contributed by atoms with van der Waals surface area (Å²) in [6, 6.07) is 17.6. The highest BCUT2D eigenvalue weighted by molar-refractivity contribution is 8.32. The molecular formula is C28H40N2S. The molecule has 0 aromatic heterocycles. The molecule has 0 heterocycles. The van der Waals surface area contributed by atoms with E-state index < -0.39 is 10.0 Å². The van der Waals surface area contributed by atoms with Crippen molar-refractivity contribution in [2.45, 2.75) is 46.1 Å². The molecule has 0 radical (unpaired) electrons. The number of nitrogens with one attached hydrogen (secondary N) is 1. The lowest BCUT2D eigenvalue weighted by atomic mass is 9.98. The van der Waals surface area contributed by atoms with Crippen LogP contribution in [0.1, 0.15) is 38.8 Å². The number of anilines is 1. The quantitative estimate of drug-likeness (QED) is 0.429. The summed E-state index contributed by atoms with van der Waals surface area (Å²) in [6.07, 6.45) is 8.93. The maximum atomic E-state index is 3.70. The van der Waals surface area contributed by atoms with Gasteiger partial charge in [-0.15, -0.1) is 0 Å². The number of allylic oxidation sites excluding steroid dienone is 1. The van der Waals surface area contributed by atoms with Crippen LogP contribution in [0.4, 0.5) is 5.69 Å². The third kappa shape index (κ3) is 8.85. The predicted molar refractivity (Wildman–Crippen MR) is 141 cm³/mol. The first kappa shape index (κ1) is 25.1. The fourth-order valence-electron chi connectivity index (χ4n) is 3.38. The van der Waals surface area contributed by atoms with Crippen LogP contribution in [0.3, 0.4) is 0 Å². The zero-order valence-corrected chi connectivity index (χ0v) is 21.3. The van der Waals surface area contributed by atoms with Crippen LogP contribution in [0.5, 0.6) is 0 Å². The molecule has 0 amide bonds. The first-order valence-corrected chi connectivity index (χ1v) is 13.7. The van der Waals surface area contributed by atoms with Crippen molar-refractivity contribution in [1.82, 2.24) is 4.90 Å². The standard InChI is InChI=1S/C28H40N2S/c1-8-30(20-13-9-12-19-28(3,4)5)22-25-16-14-17-26(21-25)29-23-31(6,7)27-18-11-10-15-24(27)2/h9-11,13-18,21,29H,8,20,22-23H2,1-7H3/b13-9+. The van der Waals surface area contributed by atoms with Crippen LogP contribution in [0.25, 0.3) is 0 Å². The Morgan fingerprint density at radius 3 is 2.48 bits per heavy atom. The number of aryl methyl sites for hydroxylation is 1. The minimum absolute atomic E-state index is 0.0533. The SMILES string of the molecule is CCN(C/C=C/C#CC(C)(C)C)Cc1cccc(NCS(C)(C)c2ccccc2C)c1. The van der Waals surface area contributed by atoms with Gasteiger partial charge in [0, 0.05) is 30.1 Å². The van der Waals surface area contributed by atoms with Gasteiger partial charge in [0.1, 0.15) is 0 Å². The fourth-order valence-corrected chi connectivity index (χ4v) is 5.45. The van der Waals surface area contributed by atoms with Gasteiger partial charge in [0.05, 0.1) is 0 Å². The summed E-state index contributed by atoms with van der Waals surface area (Å²) in [6.45, 7) is 13.7. The van der Waals surface area contributed by atoms with E-state index in [0.717, 1.165) is 25.5 Å². The predicted octanol–water partition coefficient (Wildman–Crippen LogP) is 6.92. The summed E-state index contributed by atoms with van der Waals surface area (Å²) < 4.78 is 0. The lowest BCUT2D eigenvalue weighted by molar-refractivity contribution is 0.311. The average Bonchev–Trinajstić information content (AvgIpc) is 2.71. The van der Waals surface area contributed by atoms with E-state index >= 15 is 0 Å². The van der Waals surface area contributed by atoms with Crippen LogP contribution in [-0.2, 0) is 6.54 Å². The molecular weight excluding hydrogens is 396 g/mol. The number of rotatable bonds is 9. The Morgan fingerprint density at radius 1 is 1.06 bits per heavy atom. The average molecular weight is 437 g/mol. The maximum absolute atomic E-state index is 3.70. The molecule has 0 aliphatic rings. The second kappa shape index (κ2) is 11.5. The van der Waals surface area contributed by atoms with Crippen LogP contribution < -0.4 is 5.32 Å². The molecule has 168 valence electrons. The normalized spacial score (nSPS) is 12.6. The van der Waals surface area contributed by atoms with E-state index in [1.165, 1.54) is 21.7 Å². The van der Waals surface area contributed by atoms with E-state index in [9.17, 15) is 0 Å². The van der Waals surface area contributed by atoms with Crippen LogP contribution in [-0.4, -0.2) is 36.4 Å². The van der Waals surface area contributed by atoms with Gasteiger partial charge in [-0.3, -0.25) is 4.90 Å². The van der Waals surface area contributed by atoms with Gasteiger partial charge in [0.15, 0.2) is 0 Å². The summed E-state index contributed by atoms with van der Waals surface area (Å²) >= 11 is 0. The minimum Gasteiger partial charge on any atom is -0.377 e. The highest BCUT2D eigenvalue weighted by Gasteiger charge is 2.16. The third-order valence-corrected chi connectivity index (χ3v) is 7.63. The summed E-state index contributed by atoms with van der Waals surface area (Å²) in [5.74, 6) is 7.39. The van der Waals surface area contributed by atoms with E-state index in [1.54, 1.807) is 0 Å². The van der Waals surface area contributed by atoms with E-state index in [0.29, 0.717) is 0 Å². The smallest absolute Gasteiger partial charge is 0.0490 e. The summed E-state index contributed by atoms with van der Waals surface area (Å²) in [7, 11) is -0.901.